The molecule has 6 rings (SSSR count). The van der Waals surface area contributed by atoms with Crippen LogP contribution in [-0.4, -0.2) is 46.5 Å². The van der Waals surface area contributed by atoms with E-state index in [4.69, 9.17) is 30.8 Å². The van der Waals surface area contributed by atoms with Crippen LogP contribution in [0.4, 0.5) is 0 Å². The van der Waals surface area contributed by atoms with Crippen LogP contribution in [0, 0.1) is 5.92 Å². The van der Waals surface area contributed by atoms with Crippen LogP contribution in [0.3, 0.4) is 0 Å². The predicted octanol–water partition coefficient (Wildman–Crippen LogP) is 5.13. The van der Waals surface area contributed by atoms with Gasteiger partial charge in [-0.25, -0.2) is 4.98 Å². The molecule has 4 heterocycles. The van der Waals surface area contributed by atoms with E-state index >= 15 is 0 Å². The molecule has 2 aromatic heterocycles. The Bertz CT molecular complexity index is 1260. The lowest BCUT2D eigenvalue weighted by atomic mass is 10.0. The first-order valence-electron chi connectivity index (χ1n) is 10.8. The van der Waals surface area contributed by atoms with Crippen molar-refractivity contribution in [2.24, 2.45) is 5.92 Å². The summed E-state index contributed by atoms with van der Waals surface area (Å²) in [6, 6.07) is 20.7. The van der Waals surface area contributed by atoms with E-state index in [9.17, 15) is 0 Å². The van der Waals surface area contributed by atoms with Gasteiger partial charge in [-0.05, 0) is 17.2 Å². The van der Waals surface area contributed by atoms with Crippen LogP contribution >= 0.6 is 11.6 Å². The summed E-state index contributed by atoms with van der Waals surface area (Å²) in [5, 5.41) is 0.553. The molecule has 7 heteroatoms. The number of nitrogens with one attached hydrogen (secondary N) is 1. The number of nitrogens with zero attached hydrogens (tertiary/aromatic N) is 2. The first kappa shape index (κ1) is 19.7. The predicted molar refractivity (Wildman–Crippen MR) is 123 cm³/mol. The molecule has 2 aliphatic heterocycles. The average molecular weight is 448 g/mol. The minimum atomic E-state index is -0.189. The normalized spacial score (nSPS) is 24.7. The van der Waals surface area contributed by atoms with E-state index in [0.29, 0.717) is 41.5 Å². The third-order valence-corrected chi connectivity index (χ3v) is 6.48. The molecule has 0 bridgehead atoms. The summed E-state index contributed by atoms with van der Waals surface area (Å²) in [6.45, 7) is 3.32. The number of hydrogen-bond acceptors (Lipinski definition) is 5. The Morgan fingerprint density at radius 2 is 1.62 bits per heavy atom. The van der Waals surface area contributed by atoms with Crippen molar-refractivity contribution in [3.63, 3.8) is 0 Å². The van der Waals surface area contributed by atoms with Gasteiger partial charge in [0.05, 0.1) is 35.6 Å². The number of rotatable bonds is 4. The summed E-state index contributed by atoms with van der Waals surface area (Å²) in [4.78, 5) is 12.4. The molecule has 0 radical (unpaired) electrons. The monoisotopic (exact) mass is 447 g/mol. The van der Waals surface area contributed by atoms with Crippen molar-refractivity contribution in [3.05, 3.63) is 65.7 Å². The van der Waals surface area contributed by atoms with E-state index in [1.807, 2.05) is 36.4 Å². The molecule has 2 aliphatic rings. The summed E-state index contributed by atoms with van der Waals surface area (Å²) in [5.74, 6) is 0.376. The van der Waals surface area contributed by atoms with Crippen LogP contribution in [0.1, 0.15) is 6.92 Å². The van der Waals surface area contributed by atoms with Gasteiger partial charge < -0.3 is 19.2 Å². The minimum absolute atomic E-state index is 0.0616. The van der Waals surface area contributed by atoms with Crippen molar-refractivity contribution < 1.29 is 14.2 Å². The highest BCUT2D eigenvalue weighted by molar-refractivity contribution is 6.33. The van der Waals surface area contributed by atoms with Gasteiger partial charge in [-0.2, -0.15) is 4.98 Å². The fourth-order valence-electron chi connectivity index (χ4n) is 4.50. The highest BCUT2D eigenvalue weighted by atomic mass is 35.5. The molecule has 4 unspecified atom stereocenters. The van der Waals surface area contributed by atoms with Crippen molar-refractivity contribution in [1.29, 1.82) is 0 Å². The first-order valence-corrected chi connectivity index (χ1v) is 11.2. The van der Waals surface area contributed by atoms with Crippen LogP contribution < -0.4 is 4.74 Å². The molecule has 2 aromatic carbocycles. The molecular weight excluding hydrogens is 426 g/mol. The van der Waals surface area contributed by atoms with Gasteiger partial charge in [0.2, 0.25) is 0 Å². The molecular formula is C25H22ClN3O3. The molecule has 2 saturated heterocycles. The Balaban J connectivity index is 1.26. The number of hydrogen-bond donors (Lipinski definition) is 1. The number of H-pyrrole nitrogens is 1. The van der Waals surface area contributed by atoms with Gasteiger partial charge in [0.1, 0.15) is 6.10 Å². The van der Waals surface area contributed by atoms with Gasteiger partial charge in [0.25, 0.3) is 6.01 Å². The second-order valence-electron chi connectivity index (χ2n) is 8.40. The van der Waals surface area contributed by atoms with Crippen molar-refractivity contribution in [2.45, 2.75) is 25.2 Å². The second kappa shape index (κ2) is 7.89. The Labute approximate surface area is 190 Å². The largest absolute Gasteiger partial charge is 0.456 e. The first-order chi connectivity index (χ1) is 15.7. The number of imidazole rings is 1. The smallest absolute Gasteiger partial charge is 0.296 e. The van der Waals surface area contributed by atoms with Crippen LogP contribution in [-0.2, 0) is 9.47 Å². The molecule has 162 valence electrons. The number of benzene rings is 2. The number of pyridine rings is 1. The summed E-state index contributed by atoms with van der Waals surface area (Å²) in [5.41, 5.74) is 5.22. The number of fused-ring (bicyclic) bond motifs is 2. The molecule has 6 nitrogen and oxygen atoms in total. The SMILES string of the molecule is CC1COC2C(Oc3nc4nc(-c5ccc(-c6ccccc6)cc5)c(Cl)cc4[nH]3)COC12. The molecule has 0 spiro atoms. The zero-order valence-electron chi connectivity index (χ0n) is 17.5. The zero-order chi connectivity index (χ0) is 21.7. The van der Waals surface area contributed by atoms with Crippen molar-refractivity contribution >= 4 is 22.8 Å². The van der Waals surface area contributed by atoms with Crippen LogP contribution in [0.2, 0.25) is 5.02 Å². The fraction of sp³-hybridized carbons (Fsp3) is 0.280. The topological polar surface area (TPSA) is 69.3 Å². The Hall–Kier alpha value is -2.93. The maximum atomic E-state index is 6.57. The molecule has 4 atom stereocenters. The molecule has 0 aliphatic carbocycles. The van der Waals surface area contributed by atoms with E-state index in [1.165, 1.54) is 5.56 Å². The minimum Gasteiger partial charge on any atom is -0.456 e. The molecule has 2 fully saturated rings. The van der Waals surface area contributed by atoms with Crippen LogP contribution in [0.5, 0.6) is 6.01 Å². The molecule has 32 heavy (non-hydrogen) atoms. The summed E-state index contributed by atoms with van der Waals surface area (Å²) in [6.07, 6.45) is -0.165. The van der Waals surface area contributed by atoms with Gasteiger partial charge in [-0.15, -0.1) is 0 Å². The second-order valence-corrected chi connectivity index (χ2v) is 8.81. The van der Waals surface area contributed by atoms with E-state index in [0.717, 1.165) is 16.6 Å². The van der Waals surface area contributed by atoms with Gasteiger partial charge in [-0.1, -0.05) is 73.1 Å². The van der Waals surface area contributed by atoms with Crippen LogP contribution in [0.25, 0.3) is 33.5 Å². The number of aromatic amines is 1. The van der Waals surface area contributed by atoms with Crippen molar-refractivity contribution in [2.75, 3.05) is 13.2 Å². The fourth-order valence-corrected chi connectivity index (χ4v) is 4.77. The van der Waals surface area contributed by atoms with E-state index in [2.05, 4.69) is 41.2 Å². The molecule has 1 N–H and O–H groups in total. The van der Waals surface area contributed by atoms with E-state index in [-0.39, 0.29) is 18.3 Å². The lowest BCUT2D eigenvalue weighted by molar-refractivity contribution is 0.0262. The lowest BCUT2D eigenvalue weighted by Crippen LogP contribution is -2.33. The van der Waals surface area contributed by atoms with Gasteiger partial charge >= 0.3 is 0 Å². The average Bonchev–Trinajstić information content (AvgIpc) is 3.51. The van der Waals surface area contributed by atoms with Gasteiger partial charge in [0, 0.05) is 11.5 Å². The summed E-state index contributed by atoms with van der Waals surface area (Å²) in [7, 11) is 0. The third-order valence-electron chi connectivity index (χ3n) is 6.19. The Morgan fingerprint density at radius 1 is 0.906 bits per heavy atom. The Kier molecular flexibility index (Phi) is 4.86. The zero-order valence-corrected chi connectivity index (χ0v) is 18.3. The van der Waals surface area contributed by atoms with Crippen molar-refractivity contribution in [3.8, 4) is 28.4 Å². The molecule has 4 aromatic rings. The van der Waals surface area contributed by atoms with Gasteiger partial charge in [-0.3, -0.25) is 0 Å². The quantitative estimate of drug-likeness (QED) is 0.470. The summed E-state index contributed by atoms with van der Waals surface area (Å²) >= 11 is 6.57. The standard InChI is InChI=1S/C25H22ClN3O3/c1-14-12-30-23-20(13-31-22(14)23)32-25-27-19-11-18(26)21(28-24(19)29-25)17-9-7-16(8-10-17)15-5-3-2-4-6-15/h2-11,14,20,22-23H,12-13H2,1H3,(H,27,28,29). The third kappa shape index (κ3) is 3.45. The van der Waals surface area contributed by atoms with Crippen LogP contribution in [0.15, 0.2) is 60.7 Å². The molecule has 0 amide bonds. The highest BCUT2D eigenvalue weighted by Gasteiger charge is 2.47. The van der Waals surface area contributed by atoms with Crippen molar-refractivity contribution in [1.82, 2.24) is 15.0 Å². The Morgan fingerprint density at radius 3 is 2.44 bits per heavy atom. The van der Waals surface area contributed by atoms with E-state index in [1.54, 1.807) is 0 Å². The lowest BCUT2D eigenvalue weighted by Gasteiger charge is -2.15. The van der Waals surface area contributed by atoms with E-state index < -0.39 is 0 Å². The maximum absolute atomic E-state index is 6.57. The highest BCUT2D eigenvalue weighted by Crippen LogP contribution is 2.34. The number of ether oxygens (including phenoxy) is 3. The number of aromatic nitrogens is 3. The molecule has 0 saturated carbocycles. The summed E-state index contributed by atoms with van der Waals surface area (Å²) < 4.78 is 17.8. The van der Waals surface area contributed by atoms with Gasteiger partial charge in [0.15, 0.2) is 11.8 Å². The number of halogens is 1. The maximum Gasteiger partial charge on any atom is 0.296 e.